The minimum atomic E-state index is -0.234. The minimum absolute atomic E-state index is 0. The van der Waals surface area contributed by atoms with Crippen LogP contribution in [0.5, 0.6) is 0 Å². The fourth-order valence-corrected chi connectivity index (χ4v) is 0.371. The van der Waals surface area contributed by atoms with E-state index in [1.54, 1.807) is 12.1 Å². The van der Waals surface area contributed by atoms with E-state index < -0.39 is 0 Å². The molecule has 0 atom stereocenters. The van der Waals surface area contributed by atoms with E-state index in [1.165, 1.54) is 12.1 Å². The molecule has 0 radical (unpaired) electrons. The maximum atomic E-state index is 11.9. The van der Waals surface area contributed by atoms with Gasteiger partial charge in [0.1, 0.15) is 0 Å². The summed E-state index contributed by atoms with van der Waals surface area (Å²) in [6, 6.07) is 8.53. The Kier molecular flexibility index (Phi) is 19.8. The van der Waals surface area contributed by atoms with Crippen LogP contribution in [-0.4, -0.2) is 0 Å². The van der Waals surface area contributed by atoms with E-state index in [1.807, 2.05) is 0 Å². The monoisotopic (exact) mass is 313 g/mol. The molecule has 0 aliphatic rings. The number of halogens is 2. The van der Waals surface area contributed by atoms with Crippen LogP contribution in [0.1, 0.15) is 0 Å². The second kappa shape index (κ2) is 12.7. The van der Waals surface area contributed by atoms with Crippen molar-refractivity contribution >= 4 is 24.0 Å². The van der Waals surface area contributed by atoms with Crippen LogP contribution < -0.4 is 0 Å². The van der Waals surface area contributed by atoms with Crippen LogP contribution in [-0.2, 0) is 19.5 Å². The Bertz CT molecular complexity index is 178. The smallest absolute Gasteiger partial charge is 0.512 e. The van der Waals surface area contributed by atoms with E-state index in [2.05, 4.69) is 6.07 Å². The van der Waals surface area contributed by atoms with Gasteiger partial charge >= 0.3 is 19.5 Å². The molecule has 0 fully saturated rings. The molecule has 0 saturated carbocycles. The quantitative estimate of drug-likeness (QED) is 0.410. The normalized spacial score (nSPS) is 5.73. The summed E-state index contributed by atoms with van der Waals surface area (Å²) in [5, 5.41) is 6.25. The van der Waals surface area contributed by atoms with E-state index in [9.17, 15) is 4.39 Å². The van der Waals surface area contributed by atoms with Crippen LogP contribution in [0, 0.1) is 23.7 Å². The molecule has 0 N–H and O–H groups in total. The van der Waals surface area contributed by atoms with Crippen molar-refractivity contribution in [2.75, 3.05) is 0 Å². The molecule has 0 aliphatic carbocycles. The van der Waals surface area contributed by atoms with E-state index >= 15 is 0 Å². The summed E-state index contributed by atoms with van der Waals surface area (Å²) < 4.78 is 11.9. The van der Waals surface area contributed by atoms with Crippen LogP contribution in [0.3, 0.4) is 0 Å². The predicted molar refractivity (Wildman–Crippen MR) is 45.6 cm³/mol. The molecule has 0 bridgehead atoms. The third-order valence-corrected chi connectivity index (χ3v) is 0.669. The Balaban J connectivity index is -0.000000149. The van der Waals surface area contributed by atoms with Gasteiger partial charge in [-0.25, -0.2) is 0 Å². The molecule has 0 unspecified atom stereocenters. The summed E-state index contributed by atoms with van der Waals surface area (Å²) in [4.78, 5) is 0. The maximum absolute atomic E-state index is 11.9. The number of rotatable bonds is 0. The van der Waals surface area contributed by atoms with Crippen molar-refractivity contribution in [2.24, 2.45) is 0 Å². The number of benzene rings is 1. The third kappa shape index (κ3) is 9.99. The third-order valence-electron chi connectivity index (χ3n) is 0.669. The zero-order valence-electron chi connectivity index (χ0n) is 5.75. The zero-order valence-corrected chi connectivity index (χ0v) is 11.0. The number of hydrogen-bond acceptors (Lipinski definition) is 1. The summed E-state index contributed by atoms with van der Waals surface area (Å²) in [5.41, 5.74) is 0. The molecule has 1 rings (SSSR count). The standard InChI is InChI=1S/C6H4F.CN.HI.Zn/c7-6-4-2-1-3-5-6;1-2;;/h1-2,4-5H;;1H;/q2*-1;;+2. The van der Waals surface area contributed by atoms with Crippen LogP contribution in [0.2, 0.25) is 0 Å². The van der Waals surface area contributed by atoms with Crippen molar-refractivity contribution in [3.63, 3.8) is 0 Å². The average molecular weight is 314 g/mol. The van der Waals surface area contributed by atoms with E-state index in [0.717, 1.165) is 0 Å². The average Bonchev–Trinajstić information content (AvgIpc) is 1.94. The SMILES string of the molecule is Fc1c[c-]ccc1.I.[C-]#N.[Zn+2]. The molecule has 0 spiro atoms. The molecule has 11 heavy (non-hydrogen) atoms. The van der Waals surface area contributed by atoms with Gasteiger partial charge in [0.25, 0.3) is 0 Å². The van der Waals surface area contributed by atoms with E-state index in [-0.39, 0.29) is 49.3 Å². The molecule has 0 saturated heterocycles. The van der Waals surface area contributed by atoms with Gasteiger partial charge < -0.3 is 11.8 Å². The first-order chi connectivity index (χ1) is 4.39. The molecule has 0 amide bonds. The van der Waals surface area contributed by atoms with E-state index in [4.69, 9.17) is 11.8 Å². The second-order valence-corrected chi connectivity index (χ2v) is 1.22. The Morgan fingerprint density at radius 2 is 2.00 bits per heavy atom. The van der Waals surface area contributed by atoms with Crippen LogP contribution in [0.15, 0.2) is 24.3 Å². The Morgan fingerprint density at radius 1 is 1.45 bits per heavy atom. The van der Waals surface area contributed by atoms with Crippen molar-refractivity contribution in [1.82, 2.24) is 0 Å². The predicted octanol–water partition coefficient (Wildman–Crippen LogP) is 2.34. The van der Waals surface area contributed by atoms with Gasteiger partial charge in [-0.15, -0.1) is 36.1 Å². The fraction of sp³-hybridized carbons (Fsp3) is 0. The number of hydrogen-bond donors (Lipinski definition) is 0. The maximum Gasteiger partial charge on any atom is 2.00 e. The molecule has 0 aliphatic heterocycles. The molecule has 4 heteroatoms. The van der Waals surface area contributed by atoms with Gasteiger partial charge in [-0.05, 0) is 0 Å². The van der Waals surface area contributed by atoms with Gasteiger partial charge in [-0.1, -0.05) is 0 Å². The van der Waals surface area contributed by atoms with Gasteiger partial charge in [0.15, 0.2) is 0 Å². The van der Waals surface area contributed by atoms with Crippen LogP contribution in [0.25, 0.3) is 0 Å². The first kappa shape index (κ1) is 17.2. The van der Waals surface area contributed by atoms with Crippen molar-refractivity contribution in [1.29, 1.82) is 5.26 Å². The molecule has 0 heterocycles. The van der Waals surface area contributed by atoms with Gasteiger partial charge in [0.2, 0.25) is 0 Å². The largest absolute Gasteiger partial charge is 2.00 e. The van der Waals surface area contributed by atoms with Crippen molar-refractivity contribution in [3.8, 4) is 0 Å². The molecule has 54 valence electrons. The summed E-state index contributed by atoms with van der Waals surface area (Å²) in [5.74, 6) is -0.234. The van der Waals surface area contributed by atoms with Gasteiger partial charge in [0.05, 0.1) is 0 Å². The molecule has 0 aromatic heterocycles. The van der Waals surface area contributed by atoms with E-state index in [0.29, 0.717) is 0 Å². The minimum Gasteiger partial charge on any atom is -0.512 e. The van der Waals surface area contributed by atoms with Crippen LogP contribution >= 0.6 is 24.0 Å². The number of nitrogens with zero attached hydrogens (tertiary/aromatic N) is 1. The van der Waals surface area contributed by atoms with Gasteiger partial charge in [0, 0.05) is 5.82 Å². The van der Waals surface area contributed by atoms with Crippen molar-refractivity contribution in [3.05, 3.63) is 42.7 Å². The fourth-order valence-electron chi connectivity index (χ4n) is 0.371. The topological polar surface area (TPSA) is 23.8 Å². The van der Waals surface area contributed by atoms with Crippen LogP contribution in [0.4, 0.5) is 4.39 Å². The molecular formula is C7H5FINZn. The Hall–Kier alpha value is -0.00662. The molecule has 1 aromatic rings. The Morgan fingerprint density at radius 3 is 2.18 bits per heavy atom. The van der Waals surface area contributed by atoms with Crippen molar-refractivity contribution < 1.29 is 23.9 Å². The molecular weight excluding hydrogens is 309 g/mol. The summed E-state index contributed by atoms with van der Waals surface area (Å²) >= 11 is 0. The molecule has 1 aromatic carbocycles. The summed E-state index contributed by atoms with van der Waals surface area (Å²) in [6.07, 6.45) is 0. The summed E-state index contributed by atoms with van der Waals surface area (Å²) in [6.45, 7) is 4.75. The second-order valence-electron chi connectivity index (χ2n) is 1.22. The van der Waals surface area contributed by atoms with Gasteiger partial charge in [-0.2, -0.15) is 18.2 Å². The van der Waals surface area contributed by atoms with Gasteiger partial charge in [-0.3, -0.25) is 4.39 Å². The Labute approximate surface area is 95.4 Å². The summed E-state index contributed by atoms with van der Waals surface area (Å²) in [7, 11) is 0. The van der Waals surface area contributed by atoms with Crippen molar-refractivity contribution in [2.45, 2.75) is 0 Å². The first-order valence-corrected chi connectivity index (χ1v) is 2.23. The first-order valence-electron chi connectivity index (χ1n) is 2.23. The molecule has 1 nitrogen and oxygen atoms in total. The zero-order chi connectivity index (χ0) is 7.11.